The Hall–Kier alpha value is -1.55. The lowest BCUT2D eigenvalue weighted by Crippen LogP contribution is -2.41. The van der Waals surface area contributed by atoms with Crippen molar-refractivity contribution in [2.24, 2.45) is 0 Å². The summed E-state index contributed by atoms with van der Waals surface area (Å²) < 4.78 is 0. The summed E-state index contributed by atoms with van der Waals surface area (Å²) in [5.41, 5.74) is 1.34. The van der Waals surface area contributed by atoms with Crippen LogP contribution in [0.1, 0.15) is 35.7 Å². The highest BCUT2D eigenvalue weighted by Crippen LogP contribution is 2.22. The lowest BCUT2D eigenvalue weighted by Gasteiger charge is -2.28. The second kappa shape index (κ2) is 6.27. The Bertz CT molecular complexity index is 487. The van der Waals surface area contributed by atoms with Crippen LogP contribution < -0.4 is 0 Å². The average Bonchev–Trinajstić information content (AvgIpc) is 2.85. The van der Waals surface area contributed by atoms with Crippen LogP contribution in [0.15, 0.2) is 18.2 Å². The minimum Gasteiger partial charge on any atom is -0.507 e. The van der Waals surface area contributed by atoms with E-state index >= 15 is 0 Å². The van der Waals surface area contributed by atoms with Gasteiger partial charge in [0.2, 0.25) is 0 Å². The molecular weight excluding hydrogens is 252 g/mol. The highest BCUT2D eigenvalue weighted by Gasteiger charge is 2.26. The van der Waals surface area contributed by atoms with E-state index in [1.807, 2.05) is 20.0 Å². The monoisotopic (exact) mass is 276 g/mol. The van der Waals surface area contributed by atoms with Gasteiger partial charge >= 0.3 is 0 Å². The van der Waals surface area contributed by atoms with Crippen molar-refractivity contribution in [1.29, 1.82) is 0 Å². The number of carbonyl (C=O) groups is 1. The molecule has 4 nitrogen and oxygen atoms in total. The fourth-order valence-corrected chi connectivity index (χ4v) is 2.95. The molecule has 2 rings (SSSR count). The second-order valence-corrected chi connectivity index (χ2v) is 5.63. The van der Waals surface area contributed by atoms with Crippen molar-refractivity contribution < 1.29 is 9.90 Å². The number of benzene rings is 1. The van der Waals surface area contributed by atoms with E-state index in [1.54, 1.807) is 17.0 Å². The van der Waals surface area contributed by atoms with Crippen LogP contribution >= 0.6 is 0 Å². The van der Waals surface area contributed by atoms with Gasteiger partial charge in [-0.3, -0.25) is 9.69 Å². The predicted molar refractivity (Wildman–Crippen MR) is 80.1 cm³/mol. The van der Waals surface area contributed by atoms with Crippen LogP contribution in [-0.2, 0) is 0 Å². The lowest BCUT2D eigenvalue weighted by molar-refractivity contribution is 0.0751. The molecule has 4 heteroatoms. The van der Waals surface area contributed by atoms with Crippen LogP contribution in [0.3, 0.4) is 0 Å². The third kappa shape index (κ3) is 3.12. The maximum Gasteiger partial charge on any atom is 0.257 e. The van der Waals surface area contributed by atoms with Gasteiger partial charge in [-0.2, -0.15) is 0 Å². The Morgan fingerprint density at radius 1 is 1.50 bits per heavy atom. The molecule has 1 heterocycles. The molecule has 1 amide bonds. The van der Waals surface area contributed by atoms with Gasteiger partial charge in [0, 0.05) is 19.6 Å². The molecule has 0 aliphatic carbocycles. The van der Waals surface area contributed by atoms with Crippen molar-refractivity contribution in [2.75, 3.05) is 26.7 Å². The molecule has 1 fully saturated rings. The maximum absolute atomic E-state index is 12.4. The van der Waals surface area contributed by atoms with Gasteiger partial charge in [0.1, 0.15) is 5.75 Å². The van der Waals surface area contributed by atoms with Gasteiger partial charge < -0.3 is 10.0 Å². The molecule has 0 aromatic heterocycles. The molecular formula is C16H24N2O2. The average molecular weight is 276 g/mol. The standard InChI is InChI=1S/C16H24N2O2/c1-4-18-9-5-6-13(18)11-17(3)16(20)14-8-7-12(2)10-15(14)19/h7-8,10,13,19H,4-6,9,11H2,1-3H3. The molecule has 1 N–H and O–H groups in total. The zero-order valence-electron chi connectivity index (χ0n) is 12.6. The van der Waals surface area contributed by atoms with Gasteiger partial charge in [-0.05, 0) is 50.6 Å². The highest BCUT2D eigenvalue weighted by atomic mass is 16.3. The van der Waals surface area contributed by atoms with E-state index in [9.17, 15) is 9.90 Å². The van der Waals surface area contributed by atoms with Crippen molar-refractivity contribution in [3.8, 4) is 5.75 Å². The van der Waals surface area contributed by atoms with E-state index in [1.165, 1.54) is 6.42 Å². The molecule has 20 heavy (non-hydrogen) atoms. The second-order valence-electron chi connectivity index (χ2n) is 5.63. The van der Waals surface area contributed by atoms with Crippen LogP contribution in [-0.4, -0.2) is 53.5 Å². The van der Waals surface area contributed by atoms with E-state index in [4.69, 9.17) is 0 Å². The molecule has 0 bridgehead atoms. The molecule has 1 unspecified atom stereocenters. The van der Waals surface area contributed by atoms with Gasteiger partial charge in [0.15, 0.2) is 0 Å². The number of likely N-dealkylation sites (tertiary alicyclic amines) is 1. The summed E-state index contributed by atoms with van der Waals surface area (Å²) >= 11 is 0. The van der Waals surface area contributed by atoms with Crippen molar-refractivity contribution in [3.05, 3.63) is 29.3 Å². The molecule has 1 aliphatic rings. The van der Waals surface area contributed by atoms with Crippen molar-refractivity contribution >= 4 is 5.91 Å². The molecule has 0 spiro atoms. The fourth-order valence-electron chi connectivity index (χ4n) is 2.95. The van der Waals surface area contributed by atoms with Crippen LogP contribution in [0.2, 0.25) is 0 Å². The molecule has 1 aliphatic heterocycles. The third-order valence-corrected chi connectivity index (χ3v) is 4.12. The minimum absolute atomic E-state index is 0.0700. The van der Waals surface area contributed by atoms with E-state index < -0.39 is 0 Å². The summed E-state index contributed by atoms with van der Waals surface area (Å²) in [7, 11) is 1.81. The first-order valence-corrected chi connectivity index (χ1v) is 7.32. The van der Waals surface area contributed by atoms with Crippen molar-refractivity contribution in [2.45, 2.75) is 32.7 Å². The first kappa shape index (κ1) is 14.9. The summed E-state index contributed by atoms with van der Waals surface area (Å²) in [4.78, 5) is 16.5. The number of carbonyl (C=O) groups excluding carboxylic acids is 1. The third-order valence-electron chi connectivity index (χ3n) is 4.12. The van der Waals surface area contributed by atoms with E-state index in [0.29, 0.717) is 11.6 Å². The molecule has 0 saturated carbocycles. The van der Waals surface area contributed by atoms with Crippen molar-refractivity contribution in [1.82, 2.24) is 9.80 Å². The summed E-state index contributed by atoms with van der Waals surface area (Å²) in [6.45, 7) is 6.93. The zero-order chi connectivity index (χ0) is 14.7. The predicted octanol–water partition coefficient (Wildman–Crippen LogP) is 2.26. The van der Waals surface area contributed by atoms with Crippen LogP contribution in [0.4, 0.5) is 0 Å². The number of aryl methyl sites for hydroxylation is 1. The van der Waals surface area contributed by atoms with Crippen molar-refractivity contribution in [3.63, 3.8) is 0 Å². The van der Waals surface area contributed by atoms with Crippen LogP contribution in [0, 0.1) is 6.92 Å². The van der Waals surface area contributed by atoms with E-state index in [-0.39, 0.29) is 11.7 Å². The Kier molecular flexibility index (Phi) is 4.65. The van der Waals surface area contributed by atoms with Gasteiger partial charge in [-0.15, -0.1) is 0 Å². The Morgan fingerprint density at radius 3 is 2.90 bits per heavy atom. The summed E-state index contributed by atoms with van der Waals surface area (Å²) in [6.07, 6.45) is 2.35. The first-order chi connectivity index (χ1) is 9.52. The van der Waals surface area contributed by atoms with Gasteiger partial charge in [0.25, 0.3) is 5.91 Å². The number of hydrogen-bond acceptors (Lipinski definition) is 3. The first-order valence-electron chi connectivity index (χ1n) is 7.32. The number of nitrogens with zero attached hydrogens (tertiary/aromatic N) is 2. The minimum atomic E-state index is -0.106. The van der Waals surface area contributed by atoms with Crippen LogP contribution in [0.25, 0.3) is 0 Å². The summed E-state index contributed by atoms with van der Waals surface area (Å²) in [5, 5.41) is 9.91. The molecule has 1 aromatic rings. The number of aromatic hydroxyl groups is 1. The number of phenolic OH excluding ortho intramolecular Hbond substituents is 1. The SMILES string of the molecule is CCN1CCCC1CN(C)C(=O)c1ccc(C)cc1O. The van der Waals surface area contributed by atoms with E-state index in [2.05, 4.69) is 11.8 Å². The van der Waals surface area contributed by atoms with Gasteiger partial charge in [0.05, 0.1) is 5.56 Å². The van der Waals surface area contributed by atoms with Crippen LogP contribution in [0.5, 0.6) is 5.75 Å². The smallest absolute Gasteiger partial charge is 0.257 e. The normalized spacial score (nSPS) is 19.2. The molecule has 0 radical (unpaired) electrons. The van der Waals surface area contributed by atoms with E-state index in [0.717, 1.165) is 31.6 Å². The highest BCUT2D eigenvalue weighted by molar-refractivity contribution is 5.96. The Labute approximate surface area is 121 Å². The Balaban J connectivity index is 2.05. The number of phenols is 1. The molecule has 1 aromatic carbocycles. The van der Waals surface area contributed by atoms with Gasteiger partial charge in [-0.25, -0.2) is 0 Å². The quantitative estimate of drug-likeness (QED) is 0.917. The number of hydrogen-bond donors (Lipinski definition) is 1. The molecule has 1 atom stereocenters. The summed E-state index contributed by atoms with van der Waals surface area (Å²) in [6, 6.07) is 5.64. The lowest BCUT2D eigenvalue weighted by atomic mass is 10.1. The number of likely N-dealkylation sites (N-methyl/N-ethyl adjacent to an activating group) is 2. The topological polar surface area (TPSA) is 43.8 Å². The maximum atomic E-state index is 12.4. The molecule has 1 saturated heterocycles. The molecule has 110 valence electrons. The van der Waals surface area contributed by atoms with Gasteiger partial charge in [-0.1, -0.05) is 13.0 Å². The fraction of sp³-hybridized carbons (Fsp3) is 0.562. The Morgan fingerprint density at radius 2 is 2.25 bits per heavy atom. The largest absolute Gasteiger partial charge is 0.507 e. The number of rotatable bonds is 4. The zero-order valence-corrected chi connectivity index (χ0v) is 12.6. The number of amides is 1. The summed E-state index contributed by atoms with van der Waals surface area (Å²) in [5.74, 6) is -0.0360.